The maximum atomic E-state index is 13.4. The fourth-order valence-electron chi connectivity index (χ4n) is 4.31. The monoisotopic (exact) mass is 446 g/mol. The molecule has 0 bridgehead atoms. The van der Waals surface area contributed by atoms with Crippen molar-refractivity contribution >= 4 is 11.7 Å². The number of amides is 1. The summed E-state index contributed by atoms with van der Waals surface area (Å²) in [6.07, 6.45) is 2.29. The molecule has 1 saturated heterocycles. The van der Waals surface area contributed by atoms with Crippen LogP contribution in [0.5, 0.6) is 17.4 Å². The first-order chi connectivity index (χ1) is 16.1. The van der Waals surface area contributed by atoms with Crippen LogP contribution in [0.3, 0.4) is 0 Å². The molecule has 0 N–H and O–H groups in total. The molecular formula is C26H30N4O3. The lowest BCUT2D eigenvalue weighted by atomic mass is 9.94. The second-order valence-corrected chi connectivity index (χ2v) is 8.17. The van der Waals surface area contributed by atoms with E-state index in [0.717, 1.165) is 17.8 Å². The highest BCUT2D eigenvalue weighted by Gasteiger charge is 2.32. The van der Waals surface area contributed by atoms with Crippen LogP contribution in [0.25, 0.3) is 0 Å². The number of carbonyl (C=O) groups is 1. The van der Waals surface area contributed by atoms with Gasteiger partial charge in [-0.3, -0.25) is 4.79 Å². The van der Waals surface area contributed by atoms with Crippen molar-refractivity contribution in [3.8, 4) is 17.4 Å². The number of ether oxygens (including phenoxy) is 2. The van der Waals surface area contributed by atoms with Crippen molar-refractivity contribution in [1.29, 1.82) is 0 Å². The second-order valence-electron chi connectivity index (χ2n) is 8.17. The Morgan fingerprint density at radius 3 is 2.48 bits per heavy atom. The summed E-state index contributed by atoms with van der Waals surface area (Å²) >= 11 is 0. The molecule has 0 aliphatic carbocycles. The van der Waals surface area contributed by atoms with E-state index in [0.29, 0.717) is 37.0 Å². The maximum absolute atomic E-state index is 13.4. The molecule has 2 atom stereocenters. The van der Waals surface area contributed by atoms with Gasteiger partial charge in [0, 0.05) is 31.7 Å². The molecule has 0 saturated carbocycles. The third-order valence-electron chi connectivity index (χ3n) is 6.05. The van der Waals surface area contributed by atoms with E-state index in [9.17, 15) is 4.79 Å². The van der Waals surface area contributed by atoms with Gasteiger partial charge in [0.1, 0.15) is 12.1 Å². The van der Waals surface area contributed by atoms with Crippen molar-refractivity contribution in [2.75, 3.05) is 31.6 Å². The maximum Gasteiger partial charge on any atom is 0.230 e. The molecular weight excluding hydrogens is 416 g/mol. The molecule has 2 aromatic carbocycles. The molecule has 1 amide bonds. The van der Waals surface area contributed by atoms with Crippen LogP contribution in [0.4, 0.5) is 5.82 Å². The Morgan fingerprint density at radius 1 is 1.06 bits per heavy atom. The quantitative estimate of drug-likeness (QED) is 0.532. The molecule has 7 heteroatoms. The van der Waals surface area contributed by atoms with Crippen LogP contribution < -0.4 is 14.4 Å². The van der Waals surface area contributed by atoms with E-state index in [-0.39, 0.29) is 17.9 Å². The number of para-hydroxylation sites is 2. The van der Waals surface area contributed by atoms with Crippen molar-refractivity contribution < 1.29 is 14.3 Å². The number of anilines is 1. The van der Waals surface area contributed by atoms with Gasteiger partial charge in [0.05, 0.1) is 13.0 Å². The first-order valence-corrected chi connectivity index (χ1v) is 11.3. The van der Waals surface area contributed by atoms with E-state index in [1.807, 2.05) is 65.6 Å². The molecule has 0 unspecified atom stereocenters. The molecule has 4 rings (SSSR count). The van der Waals surface area contributed by atoms with Gasteiger partial charge >= 0.3 is 0 Å². The zero-order valence-corrected chi connectivity index (χ0v) is 19.3. The van der Waals surface area contributed by atoms with Crippen molar-refractivity contribution in [2.45, 2.75) is 32.2 Å². The summed E-state index contributed by atoms with van der Waals surface area (Å²) in [5, 5.41) is 0. The number of aromatic nitrogens is 2. The number of nitrogens with zero attached hydrogens (tertiary/aromatic N) is 4. The van der Waals surface area contributed by atoms with Crippen LogP contribution in [-0.2, 0) is 4.79 Å². The Kier molecular flexibility index (Phi) is 7.07. The van der Waals surface area contributed by atoms with Crippen LogP contribution in [0.2, 0.25) is 0 Å². The lowest BCUT2D eigenvalue weighted by molar-refractivity contribution is -0.135. The highest BCUT2D eigenvalue weighted by molar-refractivity contribution is 5.84. The summed E-state index contributed by atoms with van der Waals surface area (Å²) in [5.41, 5.74) is 1.08. The molecule has 1 fully saturated rings. The fraction of sp³-hybridized carbons (Fsp3) is 0.346. The summed E-state index contributed by atoms with van der Waals surface area (Å²) in [6, 6.07) is 19.4. The summed E-state index contributed by atoms with van der Waals surface area (Å²) in [5.74, 6) is 2.55. The third-order valence-corrected chi connectivity index (χ3v) is 6.05. The van der Waals surface area contributed by atoms with Gasteiger partial charge in [-0.25, -0.2) is 9.97 Å². The van der Waals surface area contributed by atoms with Gasteiger partial charge in [0.25, 0.3) is 0 Å². The Labute approximate surface area is 195 Å². The molecule has 1 aliphatic rings. The molecule has 0 spiro atoms. The summed E-state index contributed by atoms with van der Waals surface area (Å²) in [4.78, 5) is 26.2. The van der Waals surface area contributed by atoms with Crippen LogP contribution in [0, 0.1) is 0 Å². The number of hydrogen-bond donors (Lipinski definition) is 0. The number of methoxy groups -OCH3 is 1. The number of hydrogen-bond acceptors (Lipinski definition) is 6. The Balaban J connectivity index is 1.44. The van der Waals surface area contributed by atoms with E-state index in [2.05, 4.69) is 28.7 Å². The summed E-state index contributed by atoms with van der Waals surface area (Å²) in [7, 11) is 1.61. The molecule has 2 heterocycles. The molecule has 1 aliphatic heterocycles. The minimum Gasteiger partial charge on any atom is -0.493 e. The fourth-order valence-corrected chi connectivity index (χ4v) is 4.31. The zero-order valence-electron chi connectivity index (χ0n) is 19.3. The lowest BCUT2D eigenvalue weighted by Gasteiger charge is -2.41. The number of benzene rings is 2. The van der Waals surface area contributed by atoms with Crippen LogP contribution in [0.1, 0.15) is 31.7 Å². The molecule has 7 nitrogen and oxygen atoms in total. The normalized spacial score (nSPS) is 16.9. The number of piperazine rings is 1. The van der Waals surface area contributed by atoms with Crippen molar-refractivity contribution in [1.82, 2.24) is 14.9 Å². The average Bonchev–Trinajstić information content (AvgIpc) is 2.85. The third kappa shape index (κ3) is 5.08. The van der Waals surface area contributed by atoms with E-state index in [4.69, 9.17) is 9.47 Å². The largest absolute Gasteiger partial charge is 0.493 e. The van der Waals surface area contributed by atoms with Gasteiger partial charge in [-0.05, 0) is 31.0 Å². The number of rotatable bonds is 7. The van der Waals surface area contributed by atoms with Gasteiger partial charge in [-0.1, -0.05) is 49.4 Å². The smallest absolute Gasteiger partial charge is 0.230 e. The Hall–Kier alpha value is -3.61. The van der Waals surface area contributed by atoms with Crippen molar-refractivity contribution in [3.05, 3.63) is 72.6 Å². The van der Waals surface area contributed by atoms with E-state index in [1.165, 1.54) is 6.33 Å². The van der Waals surface area contributed by atoms with Gasteiger partial charge < -0.3 is 19.3 Å². The SMILES string of the molecule is CC[C@@H](C(=O)N1CCN(c2cc(Oc3ccccc3OC)ncn2)C[C@H]1C)c1ccccc1. The highest BCUT2D eigenvalue weighted by Crippen LogP contribution is 2.31. The minimum absolute atomic E-state index is 0.0672. The van der Waals surface area contributed by atoms with E-state index < -0.39 is 0 Å². The molecule has 3 aromatic rings. The molecule has 0 radical (unpaired) electrons. The predicted octanol–water partition coefficient (Wildman–Crippen LogP) is 4.51. The van der Waals surface area contributed by atoms with Gasteiger partial charge in [-0.15, -0.1) is 0 Å². The Morgan fingerprint density at radius 2 is 1.79 bits per heavy atom. The topological polar surface area (TPSA) is 67.8 Å². The predicted molar refractivity (Wildman–Crippen MR) is 128 cm³/mol. The van der Waals surface area contributed by atoms with Crippen LogP contribution >= 0.6 is 0 Å². The standard InChI is InChI=1S/C26H30N4O3/c1-4-21(20-10-6-5-7-11-20)26(31)30-15-14-29(17-19(30)2)24-16-25(28-18-27-24)33-23-13-9-8-12-22(23)32-3/h5-13,16,18-19,21H,4,14-15,17H2,1-3H3/t19-,21-/m1/s1. The lowest BCUT2D eigenvalue weighted by Crippen LogP contribution is -2.55. The zero-order chi connectivity index (χ0) is 23.2. The van der Waals surface area contributed by atoms with Gasteiger partial charge in [0.2, 0.25) is 11.8 Å². The molecule has 172 valence electrons. The first kappa shape index (κ1) is 22.6. The molecule has 33 heavy (non-hydrogen) atoms. The Bertz CT molecular complexity index is 1080. The second kappa shape index (κ2) is 10.3. The van der Waals surface area contributed by atoms with Gasteiger partial charge in [-0.2, -0.15) is 0 Å². The average molecular weight is 447 g/mol. The van der Waals surface area contributed by atoms with Crippen molar-refractivity contribution in [3.63, 3.8) is 0 Å². The first-order valence-electron chi connectivity index (χ1n) is 11.3. The van der Waals surface area contributed by atoms with Crippen LogP contribution in [-0.4, -0.2) is 53.6 Å². The number of carbonyl (C=O) groups excluding carboxylic acids is 1. The van der Waals surface area contributed by atoms with Crippen molar-refractivity contribution in [2.24, 2.45) is 0 Å². The van der Waals surface area contributed by atoms with E-state index in [1.54, 1.807) is 7.11 Å². The summed E-state index contributed by atoms with van der Waals surface area (Å²) < 4.78 is 11.3. The summed E-state index contributed by atoms with van der Waals surface area (Å²) in [6.45, 7) is 6.21. The molecule has 1 aromatic heterocycles. The highest BCUT2D eigenvalue weighted by atomic mass is 16.5. The minimum atomic E-state index is -0.111. The van der Waals surface area contributed by atoms with E-state index >= 15 is 0 Å². The van der Waals surface area contributed by atoms with Crippen LogP contribution in [0.15, 0.2) is 67.0 Å². The van der Waals surface area contributed by atoms with Gasteiger partial charge in [0.15, 0.2) is 11.5 Å².